The van der Waals surface area contributed by atoms with E-state index < -0.39 is 0 Å². The first-order valence-corrected chi connectivity index (χ1v) is 25.5. The average Bonchev–Trinajstić information content (AvgIpc) is 3.57. The second-order valence-corrected chi connectivity index (χ2v) is 29.0. The molecule has 0 radical (unpaired) electrons. The van der Waals surface area contributed by atoms with Gasteiger partial charge in [-0.1, -0.05) is 170 Å². The van der Waals surface area contributed by atoms with Gasteiger partial charge in [0.15, 0.2) is 0 Å². The van der Waals surface area contributed by atoms with Gasteiger partial charge in [0.2, 0.25) is 0 Å². The number of hydrogen-bond acceptors (Lipinski definition) is 2. The molecular weight excluding hydrogens is 797 g/mol. The molecule has 0 amide bonds. The number of hydrogen-bond donors (Lipinski definition) is 0. The Balaban J connectivity index is 1.39. The van der Waals surface area contributed by atoms with Crippen LogP contribution in [0.3, 0.4) is 0 Å². The van der Waals surface area contributed by atoms with Gasteiger partial charge in [-0.05, 0) is 178 Å². The van der Waals surface area contributed by atoms with Crippen LogP contribution in [-0.2, 0) is 48.7 Å². The molecule has 2 nitrogen and oxygen atoms in total. The lowest BCUT2D eigenvalue weighted by molar-refractivity contribution is 0.402. The molecule has 2 aliphatic heterocycles. The normalized spacial score (nSPS) is 22.0. The van der Waals surface area contributed by atoms with Crippen molar-refractivity contribution >= 4 is 34.1 Å². The van der Waals surface area contributed by atoms with E-state index in [1.54, 1.807) is 0 Å². The van der Waals surface area contributed by atoms with Crippen molar-refractivity contribution in [1.29, 1.82) is 0 Å². The first-order valence-electron chi connectivity index (χ1n) is 25.5. The van der Waals surface area contributed by atoms with E-state index in [4.69, 9.17) is 0 Å². The Hall–Kier alpha value is -4.30. The molecule has 5 aromatic carbocycles. The molecule has 3 aliphatic carbocycles. The Labute approximate surface area is 401 Å². The summed E-state index contributed by atoms with van der Waals surface area (Å²) >= 11 is 0. The highest BCUT2D eigenvalue weighted by Crippen LogP contribution is 2.65. The van der Waals surface area contributed by atoms with Crippen LogP contribution in [0.1, 0.15) is 237 Å². The molecule has 5 aliphatic rings. The van der Waals surface area contributed by atoms with Gasteiger partial charge >= 0.3 is 0 Å². The molecule has 0 saturated heterocycles. The maximum atomic E-state index is 2.74. The zero-order valence-electron chi connectivity index (χ0n) is 45.0. The van der Waals surface area contributed by atoms with Crippen molar-refractivity contribution in [2.75, 3.05) is 9.80 Å². The largest absolute Gasteiger partial charge is 0.310 e. The molecule has 2 heteroatoms. The van der Waals surface area contributed by atoms with Gasteiger partial charge in [0.1, 0.15) is 0 Å². The van der Waals surface area contributed by atoms with E-state index in [0.717, 1.165) is 19.3 Å². The summed E-state index contributed by atoms with van der Waals surface area (Å²) in [6.07, 6.45) is 3.42. The molecule has 1 unspecified atom stereocenters. The van der Waals surface area contributed by atoms with Crippen molar-refractivity contribution in [3.8, 4) is 0 Å². The lowest BCUT2D eigenvalue weighted by atomic mass is 9.71. The summed E-state index contributed by atoms with van der Waals surface area (Å²) < 4.78 is 0. The molecule has 66 heavy (non-hydrogen) atoms. The van der Waals surface area contributed by atoms with Crippen LogP contribution in [0.25, 0.3) is 0 Å². The van der Waals surface area contributed by atoms with E-state index in [0.29, 0.717) is 0 Å². The molecular formula is C64H82N2. The Morgan fingerprint density at radius 2 is 0.682 bits per heavy atom. The molecule has 0 N–H and O–H groups in total. The predicted molar refractivity (Wildman–Crippen MR) is 285 cm³/mol. The first kappa shape index (κ1) is 45.5. The molecule has 1 atom stereocenters. The van der Waals surface area contributed by atoms with Crippen LogP contribution in [-0.4, -0.2) is 0 Å². The highest BCUT2D eigenvalue weighted by Gasteiger charge is 2.50. The number of anilines is 6. The highest BCUT2D eigenvalue weighted by molar-refractivity contribution is 5.98. The van der Waals surface area contributed by atoms with Gasteiger partial charge in [-0.2, -0.15) is 0 Å². The fourth-order valence-electron chi connectivity index (χ4n) is 14.6. The van der Waals surface area contributed by atoms with Crippen LogP contribution in [0.5, 0.6) is 0 Å². The summed E-state index contributed by atoms with van der Waals surface area (Å²) in [5.41, 5.74) is 25.7. The van der Waals surface area contributed by atoms with Crippen LogP contribution in [0, 0.1) is 0 Å². The first-order chi connectivity index (χ1) is 30.0. The van der Waals surface area contributed by atoms with Crippen molar-refractivity contribution in [2.45, 2.75) is 219 Å². The summed E-state index contributed by atoms with van der Waals surface area (Å²) in [6.45, 7) is 51.3. The van der Waals surface area contributed by atoms with Crippen LogP contribution in [0.15, 0.2) is 72.8 Å². The van der Waals surface area contributed by atoms with Gasteiger partial charge in [-0.25, -0.2) is 0 Å². The van der Waals surface area contributed by atoms with Crippen molar-refractivity contribution in [1.82, 2.24) is 0 Å². The van der Waals surface area contributed by atoms with Gasteiger partial charge in [0.05, 0.1) is 22.7 Å². The summed E-state index contributed by atoms with van der Waals surface area (Å²) in [5.74, 6) is 0.0637. The Morgan fingerprint density at radius 1 is 0.348 bits per heavy atom. The monoisotopic (exact) mass is 879 g/mol. The van der Waals surface area contributed by atoms with Crippen molar-refractivity contribution in [2.24, 2.45) is 0 Å². The minimum absolute atomic E-state index is 0.0274. The summed E-state index contributed by atoms with van der Waals surface area (Å²) in [5, 5.41) is 0. The smallest absolute Gasteiger partial charge is 0.0527 e. The molecule has 0 bridgehead atoms. The predicted octanol–water partition coefficient (Wildman–Crippen LogP) is 18.2. The number of nitrogens with zero attached hydrogens (tertiary/aromatic N) is 2. The average molecular weight is 879 g/mol. The highest BCUT2D eigenvalue weighted by atomic mass is 15.2. The van der Waals surface area contributed by atoms with E-state index in [-0.39, 0.29) is 54.7 Å². The molecule has 5 aromatic rings. The Bertz CT molecular complexity index is 2870. The second-order valence-electron chi connectivity index (χ2n) is 29.0. The van der Waals surface area contributed by atoms with Crippen LogP contribution in [0.4, 0.5) is 34.1 Å². The number of benzene rings is 5. The third-order valence-corrected chi connectivity index (χ3v) is 17.4. The van der Waals surface area contributed by atoms with Crippen LogP contribution < -0.4 is 9.80 Å². The fraction of sp³-hybridized carbons (Fsp3) is 0.531. The number of rotatable bonds is 2. The lowest BCUT2D eigenvalue weighted by Gasteiger charge is -2.47. The molecule has 2 heterocycles. The molecule has 0 saturated carbocycles. The summed E-state index contributed by atoms with van der Waals surface area (Å²) in [7, 11) is 0. The molecule has 0 aromatic heterocycles. The lowest BCUT2D eigenvalue weighted by Crippen LogP contribution is -2.32. The van der Waals surface area contributed by atoms with E-state index in [9.17, 15) is 0 Å². The van der Waals surface area contributed by atoms with Gasteiger partial charge in [0.25, 0.3) is 0 Å². The molecule has 348 valence electrons. The van der Waals surface area contributed by atoms with Crippen molar-refractivity contribution in [3.63, 3.8) is 0 Å². The van der Waals surface area contributed by atoms with Crippen LogP contribution in [0.2, 0.25) is 0 Å². The summed E-state index contributed by atoms with van der Waals surface area (Å²) in [4.78, 5) is 5.48. The maximum Gasteiger partial charge on any atom is 0.0527 e. The topological polar surface area (TPSA) is 6.48 Å². The van der Waals surface area contributed by atoms with Gasteiger partial charge in [0, 0.05) is 22.9 Å². The zero-order valence-corrected chi connectivity index (χ0v) is 45.0. The standard InChI is InChI=1S/C64H82N2/c1-56(2,3)37-24-38(57(4,5)6)26-41(25-37)66-51-33-49-47(62(16,17)36-64(49,20)21)31-43(51)54-42-30-46-48(63(18,19)35-61(46,14)15)32-50(42)65(52-27-39(58(7,8)9)28-53(66)55(52)54)40-22-23-44-45(29-40)60(12,13)34-59(44,10)11/h22-33,54H,34-36H2,1-21H3. The van der Waals surface area contributed by atoms with E-state index in [1.807, 2.05) is 0 Å². The zero-order chi connectivity index (χ0) is 48.2. The van der Waals surface area contributed by atoms with E-state index >= 15 is 0 Å². The fourth-order valence-corrected chi connectivity index (χ4v) is 14.6. The minimum atomic E-state index is -0.0966. The van der Waals surface area contributed by atoms with E-state index in [2.05, 4.69) is 228 Å². The summed E-state index contributed by atoms with van der Waals surface area (Å²) in [6, 6.07) is 31.1. The van der Waals surface area contributed by atoms with Crippen molar-refractivity contribution in [3.05, 3.63) is 140 Å². The minimum Gasteiger partial charge on any atom is -0.310 e. The van der Waals surface area contributed by atoms with Crippen molar-refractivity contribution < 1.29 is 0 Å². The SMILES string of the molecule is CC(C)(C)c1cc(N2c3cc4c(cc3C3c5cc6c(cc5N(c5ccc7c(c5)C(C)(C)CC7(C)C)c5cc(C(C)(C)C)cc2c53)C(C)(C)CC6(C)C)C(C)(C)CC4(C)C)cc(C(C)(C)C)c1. The Morgan fingerprint density at radius 3 is 1.08 bits per heavy atom. The van der Waals surface area contributed by atoms with Gasteiger partial charge in [-0.3, -0.25) is 0 Å². The quantitative estimate of drug-likeness (QED) is 0.171. The van der Waals surface area contributed by atoms with Gasteiger partial charge in [-0.15, -0.1) is 0 Å². The third kappa shape index (κ3) is 6.59. The van der Waals surface area contributed by atoms with Gasteiger partial charge < -0.3 is 9.80 Å². The van der Waals surface area contributed by atoms with E-state index in [1.165, 1.54) is 101 Å². The maximum absolute atomic E-state index is 2.74. The third-order valence-electron chi connectivity index (χ3n) is 17.4. The van der Waals surface area contributed by atoms with Crippen LogP contribution >= 0.6 is 0 Å². The molecule has 0 spiro atoms. The Kier molecular flexibility index (Phi) is 9.14. The number of fused-ring (bicyclic) bond motifs is 7. The second kappa shape index (κ2) is 13.3. The molecule has 10 rings (SSSR count). The molecule has 0 fully saturated rings.